The van der Waals surface area contributed by atoms with Gasteiger partial charge in [-0.05, 0) is 26.2 Å². The topological polar surface area (TPSA) is 24.9 Å². The van der Waals surface area contributed by atoms with Gasteiger partial charge < -0.3 is 5.32 Å². The van der Waals surface area contributed by atoms with Crippen LogP contribution in [0.4, 0.5) is 0 Å². The van der Waals surface area contributed by atoms with Gasteiger partial charge in [0.1, 0.15) is 0 Å². The Morgan fingerprint density at radius 3 is 2.56 bits per heavy atom. The van der Waals surface area contributed by atoms with Crippen LogP contribution in [0.3, 0.4) is 0 Å². The van der Waals surface area contributed by atoms with Crippen LogP contribution in [0.5, 0.6) is 0 Å². The van der Waals surface area contributed by atoms with Gasteiger partial charge in [-0.15, -0.1) is 11.3 Å². The molecule has 0 aromatic carbocycles. The minimum atomic E-state index is 0.166. The van der Waals surface area contributed by atoms with Crippen molar-refractivity contribution in [2.24, 2.45) is 5.92 Å². The molecule has 1 aromatic heterocycles. The molecule has 1 aliphatic carbocycles. The molecule has 1 N–H and O–H groups in total. The fourth-order valence-corrected chi connectivity index (χ4v) is 3.57. The molecular formula is C15H26N2S. The highest BCUT2D eigenvalue weighted by atomic mass is 32.1. The van der Waals surface area contributed by atoms with Crippen molar-refractivity contribution in [2.45, 2.75) is 71.9 Å². The summed E-state index contributed by atoms with van der Waals surface area (Å²) in [5.74, 6) is 0.905. The van der Waals surface area contributed by atoms with E-state index >= 15 is 0 Å². The number of hydrogen-bond acceptors (Lipinski definition) is 3. The molecule has 0 spiro atoms. The molecule has 3 unspecified atom stereocenters. The van der Waals surface area contributed by atoms with E-state index in [0.717, 1.165) is 12.0 Å². The van der Waals surface area contributed by atoms with E-state index in [1.165, 1.54) is 28.4 Å². The highest BCUT2D eigenvalue weighted by Crippen LogP contribution is 2.37. The standard InChI is InChI=1S/C15H26N2S/c1-7-11-8-12(11)16-9(2)13-10(3)17-14(18-13)15(4,5)6/h9,11-12,16H,7-8H2,1-6H3. The molecule has 3 atom stereocenters. The Balaban J connectivity index is 2.06. The van der Waals surface area contributed by atoms with Crippen molar-refractivity contribution in [1.29, 1.82) is 0 Å². The Kier molecular flexibility index (Phi) is 3.84. The zero-order valence-electron chi connectivity index (χ0n) is 12.5. The first-order valence-electron chi connectivity index (χ1n) is 7.06. The lowest BCUT2D eigenvalue weighted by molar-refractivity contribution is 0.543. The predicted molar refractivity (Wildman–Crippen MR) is 79.3 cm³/mol. The number of rotatable bonds is 4. The summed E-state index contributed by atoms with van der Waals surface area (Å²) < 4.78 is 0. The summed E-state index contributed by atoms with van der Waals surface area (Å²) in [4.78, 5) is 6.17. The van der Waals surface area contributed by atoms with E-state index < -0.39 is 0 Å². The second kappa shape index (κ2) is 4.93. The molecule has 0 saturated heterocycles. The Bertz CT molecular complexity index is 417. The summed E-state index contributed by atoms with van der Waals surface area (Å²) in [7, 11) is 0. The summed E-state index contributed by atoms with van der Waals surface area (Å²) in [5.41, 5.74) is 1.37. The third-order valence-electron chi connectivity index (χ3n) is 3.78. The van der Waals surface area contributed by atoms with Crippen molar-refractivity contribution in [3.63, 3.8) is 0 Å². The highest BCUT2D eigenvalue weighted by Gasteiger charge is 2.36. The fourth-order valence-electron chi connectivity index (χ4n) is 2.43. The first-order chi connectivity index (χ1) is 8.32. The average molecular weight is 266 g/mol. The van der Waals surface area contributed by atoms with Crippen LogP contribution in [-0.4, -0.2) is 11.0 Å². The number of hydrogen-bond donors (Lipinski definition) is 1. The normalized spacial score (nSPS) is 25.2. The maximum absolute atomic E-state index is 4.75. The molecule has 0 amide bonds. The van der Waals surface area contributed by atoms with Gasteiger partial charge in [0.2, 0.25) is 0 Å². The molecule has 2 nitrogen and oxygen atoms in total. The van der Waals surface area contributed by atoms with Gasteiger partial charge in [0.15, 0.2) is 0 Å². The number of aromatic nitrogens is 1. The van der Waals surface area contributed by atoms with Crippen molar-refractivity contribution in [2.75, 3.05) is 0 Å². The lowest BCUT2D eigenvalue weighted by Crippen LogP contribution is -2.22. The fraction of sp³-hybridized carbons (Fsp3) is 0.800. The Hall–Kier alpha value is -0.410. The van der Waals surface area contributed by atoms with E-state index in [-0.39, 0.29) is 5.41 Å². The maximum atomic E-state index is 4.75. The first-order valence-corrected chi connectivity index (χ1v) is 7.88. The van der Waals surface area contributed by atoms with Gasteiger partial charge in [-0.25, -0.2) is 4.98 Å². The van der Waals surface area contributed by atoms with Crippen LogP contribution in [-0.2, 0) is 5.41 Å². The Morgan fingerprint density at radius 1 is 1.44 bits per heavy atom. The van der Waals surface area contributed by atoms with E-state index in [1.807, 2.05) is 11.3 Å². The maximum Gasteiger partial charge on any atom is 0.0985 e. The van der Waals surface area contributed by atoms with E-state index in [4.69, 9.17) is 4.98 Å². The van der Waals surface area contributed by atoms with Crippen molar-refractivity contribution in [3.8, 4) is 0 Å². The largest absolute Gasteiger partial charge is 0.306 e. The molecule has 1 aromatic rings. The molecule has 0 bridgehead atoms. The van der Waals surface area contributed by atoms with E-state index in [2.05, 4.69) is 46.9 Å². The highest BCUT2D eigenvalue weighted by molar-refractivity contribution is 7.12. The molecule has 102 valence electrons. The molecule has 18 heavy (non-hydrogen) atoms. The predicted octanol–water partition coefficient (Wildman–Crippen LogP) is 4.20. The Morgan fingerprint density at radius 2 is 2.11 bits per heavy atom. The molecule has 1 saturated carbocycles. The van der Waals surface area contributed by atoms with Crippen molar-refractivity contribution in [3.05, 3.63) is 15.6 Å². The lowest BCUT2D eigenvalue weighted by Gasteiger charge is -2.14. The van der Waals surface area contributed by atoms with Crippen molar-refractivity contribution >= 4 is 11.3 Å². The number of aryl methyl sites for hydroxylation is 1. The summed E-state index contributed by atoms with van der Waals surface area (Å²) in [6, 6.07) is 1.18. The van der Waals surface area contributed by atoms with Gasteiger partial charge in [0, 0.05) is 22.4 Å². The van der Waals surface area contributed by atoms with Crippen LogP contribution in [0, 0.1) is 12.8 Å². The summed E-state index contributed by atoms with van der Waals surface area (Å²) >= 11 is 1.88. The van der Waals surface area contributed by atoms with E-state index in [9.17, 15) is 0 Å². The summed E-state index contributed by atoms with van der Waals surface area (Å²) in [6.45, 7) is 13.4. The molecule has 3 heteroatoms. The van der Waals surface area contributed by atoms with Gasteiger partial charge >= 0.3 is 0 Å². The average Bonchev–Trinajstić information content (AvgIpc) is 2.88. The number of thiazole rings is 1. The third-order valence-corrected chi connectivity index (χ3v) is 5.54. The number of nitrogens with zero attached hydrogens (tertiary/aromatic N) is 1. The van der Waals surface area contributed by atoms with E-state index in [0.29, 0.717) is 6.04 Å². The number of nitrogens with one attached hydrogen (secondary N) is 1. The second-order valence-corrected chi connectivity index (χ2v) is 7.65. The van der Waals surface area contributed by atoms with Gasteiger partial charge in [-0.3, -0.25) is 0 Å². The van der Waals surface area contributed by atoms with Gasteiger partial charge in [0.05, 0.1) is 10.7 Å². The summed E-state index contributed by atoms with van der Waals surface area (Å²) in [6.07, 6.45) is 2.66. The van der Waals surface area contributed by atoms with Crippen LogP contribution in [0.2, 0.25) is 0 Å². The van der Waals surface area contributed by atoms with Crippen molar-refractivity contribution < 1.29 is 0 Å². The molecule has 1 fully saturated rings. The SMILES string of the molecule is CCC1CC1NC(C)c1sc(C(C)(C)C)nc1C. The molecule has 0 radical (unpaired) electrons. The lowest BCUT2D eigenvalue weighted by atomic mass is 9.98. The van der Waals surface area contributed by atoms with Gasteiger partial charge in [-0.2, -0.15) is 0 Å². The quantitative estimate of drug-likeness (QED) is 0.883. The van der Waals surface area contributed by atoms with Crippen LogP contribution in [0.15, 0.2) is 0 Å². The van der Waals surface area contributed by atoms with Gasteiger partial charge in [0.25, 0.3) is 0 Å². The molecule has 1 aliphatic rings. The minimum Gasteiger partial charge on any atom is -0.306 e. The van der Waals surface area contributed by atoms with E-state index in [1.54, 1.807) is 0 Å². The van der Waals surface area contributed by atoms with Gasteiger partial charge in [-0.1, -0.05) is 34.1 Å². The third kappa shape index (κ3) is 2.94. The van der Waals surface area contributed by atoms with Crippen LogP contribution in [0.1, 0.15) is 69.1 Å². The Labute approximate surface area is 115 Å². The minimum absolute atomic E-state index is 0.166. The van der Waals surface area contributed by atoms with Crippen LogP contribution in [0.25, 0.3) is 0 Å². The molecular weight excluding hydrogens is 240 g/mol. The summed E-state index contributed by atoms with van der Waals surface area (Å²) in [5, 5.41) is 5.00. The van der Waals surface area contributed by atoms with Crippen LogP contribution >= 0.6 is 11.3 Å². The molecule has 2 rings (SSSR count). The monoisotopic (exact) mass is 266 g/mol. The van der Waals surface area contributed by atoms with Crippen molar-refractivity contribution in [1.82, 2.24) is 10.3 Å². The van der Waals surface area contributed by atoms with Crippen LogP contribution < -0.4 is 5.32 Å². The zero-order chi connectivity index (χ0) is 13.5. The zero-order valence-corrected chi connectivity index (χ0v) is 13.3. The smallest absolute Gasteiger partial charge is 0.0985 e. The molecule has 1 heterocycles. The molecule has 0 aliphatic heterocycles. The second-order valence-electron chi connectivity index (χ2n) is 6.62. The first kappa shape index (κ1) is 14.0.